The third-order valence-corrected chi connectivity index (χ3v) is 8.16. The average molecular weight is 635 g/mol. The molecule has 0 spiro atoms. The van der Waals surface area contributed by atoms with Crippen LogP contribution in [0.3, 0.4) is 0 Å². The summed E-state index contributed by atoms with van der Waals surface area (Å²) in [7, 11) is 0. The number of carbonyl (C=O) groups is 1. The Kier molecular flexibility index (Phi) is 10.8. The van der Waals surface area contributed by atoms with Crippen molar-refractivity contribution < 1.29 is 31.9 Å². The predicted molar refractivity (Wildman–Crippen MR) is 161 cm³/mol. The van der Waals surface area contributed by atoms with Gasteiger partial charge in [-0.15, -0.1) is 0 Å². The third kappa shape index (κ3) is 8.55. The molecule has 0 aliphatic carbocycles. The minimum atomic E-state index is -5.03. The number of hydrogen-bond donors (Lipinski definition) is 2. The lowest BCUT2D eigenvalue weighted by Gasteiger charge is -2.34. The highest BCUT2D eigenvalue weighted by Gasteiger charge is 2.37. The van der Waals surface area contributed by atoms with Gasteiger partial charge in [0.15, 0.2) is 0 Å². The molecular weight excluding hydrogens is 595 g/mol. The van der Waals surface area contributed by atoms with Crippen LogP contribution in [0.5, 0.6) is 0 Å². The zero-order valence-corrected chi connectivity index (χ0v) is 25.8. The first-order valence-electron chi connectivity index (χ1n) is 15.0. The van der Waals surface area contributed by atoms with Crippen LogP contribution in [-0.2, 0) is 17.4 Å². The molecule has 3 aromatic rings. The minimum absolute atomic E-state index is 0.0365. The number of carboxylic acid groups (broad SMARTS) is 1. The maximum absolute atomic E-state index is 15.7. The van der Waals surface area contributed by atoms with Gasteiger partial charge in [0.05, 0.1) is 18.0 Å². The molecule has 1 aliphatic rings. The van der Waals surface area contributed by atoms with Crippen LogP contribution in [0.15, 0.2) is 47.5 Å². The number of aryl methyl sites for hydroxylation is 2. The summed E-state index contributed by atoms with van der Waals surface area (Å²) in [5, 5.41) is 12.7. The second kappa shape index (κ2) is 14.2. The number of hydrogen-bond acceptors (Lipinski definition) is 5. The van der Waals surface area contributed by atoms with E-state index < -0.39 is 59.5 Å². The number of likely N-dealkylation sites (tertiary alicyclic amines) is 1. The first-order chi connectivity index (χ1) is 21.1. The van der Waals surface area contributed by atoms with Gasteiger partial charge in [0.1, 0.15) is 12.0 Å². The third-order valence-electron chi connectivity index (χ3n) is 8.16. The highest BCUT2D eigenvalue weighted by molar-refractivity contribution is 5.73. The standard InChI is InChI=1S/C33H39F5N4O3/c1-19(2)10-25(42-16-22(14-40-32(42)45)8-9-41-17-24(34)18-41)15-39-28(13-29(43)44)26-11-23(12-27(31(26)35)33(36,37)38)30-20(3)6-5-7-21(30)4/h5-7,11-12,14,16,19,24-25,28,39H,8-10,13,15,17-18H2,1-4H3,(H,43,44)/t25-,28-/m0/s1. The highest BCUT2D eigenvalue weighted by Crippen LogP contribution is 2.40. The van der Waals surface area contributed by atoms with Crippen LogP contribution in [0, 0.1) is 25.6 Å². The molecule has 2 atom stereocenters. The summed E-state index contributed by atoms with van der Waals surface area (Å²) in [4.78, 5) is 30.8. The molecule has 2 N–H and O–H groups in total. The molecule has 0 radical (unpaired) electrons. The Morgan fingerprint density at radius 3 is 2.40 bits per heavy atom. The molecule has 0 bridgehead atoms. The van der Waals surface area contributed by atoms with Crippen molar-refractivity contribution in [1.29, 1.82) is 0 Å². The van der Waals surface area contributed by atoms with Gasteiger partial charge in [-0.1, -0.05) is 32.0 Å². The van der Waals surface area contributed by atoms with Crippen molar-refractivity contribution in [1.82, 2.24) is 19.8 Å². The van der Waals surface area contributed by atoms with Gasteiger partial charge >= 0.3 is 17.8 Å². The van der Waals surface area contributed by atoms with Crippen molar-refractivity contribution in [2.24, 2.45) is 5.92 Å². The molecule has 0 amide bonds. The van der Waals surface area contributed by atoms with Gasteiger partial charge in [0.2, 0.25) is 0 Å². The van der Waals surface area contributed by atoms with Crippen LogP contribution in [-0.4, -0.2) is 57.9 Å². The van der Waals surface area contributed by atoms with Crippen molar-refractivity contribution in [3.05, 3.63) is 86.8 Å². The minimum Gasteiger partial charge on any atom is -0.481 e. The van der Waals surface area contributed by atoms with Crippen molar-refractivity contribution >= 4 is 5.97 Å². The van der Waals surface area contributed by atoms with Crippen LogP contribution < -0.4 is 11.0 Å². The molecule has 1 fully saturated rings. The first kappa shape index (κ1) is 34.2. The first-order valence-corrected chi connectivity index (χ1v) is 15.0. The summed E-state index contributed by atoms with van der Waals surface area (Å²) in [5.41, 5.74) is 0.296. The molecule has 1 aliphatic heterocycles. The number of halogens is 5. The number of nitrogens with one attached hydrogen (secondary N) is 1. The van der Waals surface area contributed by atoms with E-state index in [1.165, 1.54) is 16.8 Å². The quantitative estimate of drug-likeness (QED) is 0.216. The van der Waals surface area contributed by atoms with Crippen molar-refractivity contribution in [2.75, 3.05) is 26.2 Å². The molecule has 12 heteroatoms. The Bertz CT molecular complexity index is 1550. The van der Waals surface area contributed by atoms with Gasteiger partial charge < -0.3 is 10.4 Å². The number of nitrogens with zero attached hydrogens (tertiary/aromatic N) is 3. The average Bonchev–Trinajstić information content (AvgIpc) is 2.92. The molecule has 7 nitrogen and oxygen atoms in total. The van der Waals surface area contributed by atoms with Gasteiger partial charge in [-0.05, 0) is 72.6 Å². The Morgan fingerprint density at radius 2 is 1.82 bits per heavy atom. The monoisotopic (exact) mass is 634 g/mol. The summed E-state index contributed by atoms with van der Waals surface area (Å²) in [6.07, 6.45) is -2.46. The zero-order chi connectivity index (χ0) is 33.1. The van der Waals surface area contributed by atoms with E-state index in [0.717, 1.165) is 11.6 Å². The summed E-state index contributed by atoms with van der Waals surface area (Å²) < 4.78 is 72.7. The number of benzene rings is 2. The van der Waals surface area contributed by atoms with Gasteiger partial charge in [-0.3, -0.25) is 14.3 Å². The van der Waals surface area contributed by atoms with E-state index in [-0.39, 0.29) is 18.0 Å². The van der Waals surface area contributed by atoms with Gasteiger partial charge in [-0.25, -0.2) is 18.6 Å². The smallest absolute Gasteiger partial charge is 0.419 e. The Balaban J connectivity index is 1.70. The summed E-state index contributed by atoms with van der Waals surface area (Å²) in [6, 6.07) is 5.39. The van der Waals surface area contributed by atoms with Crippen LogP contribution >= 0.6 is 0 Å². The molecule has 2 heterocycles. The summed E-state index contributed by atoms with van der Waals surface area (Å²) >= 11 is 0. The van der Waals surface area contributed by atoms with Crippen molar-refractivity contribution in [2.45, 2.75) is 71.4 Å². The molecule has 0 saturated carbocycles. The lowest BCUT2D eigenvalue weighted by Crippen LogP contribution is -2.49. The molecule has 1 saturated heterocycles. The maximum Gasteiger partial charge on any atom is 0.419 e. The predicted octanol–water partition coefficient (Wildman–Crippen LogP) is 6.27. The van der Waals surface area contributed by atoms with E-state index in [9.17, 15) is 32.3 Å². The van der Waals surface area contributed by atoms with Crippen LogP contribution in [0.25, 0.3) is 11.1 Å². The normalized spacial score (nSPS) is 15.7. The fraction of sp³-hybridized carbons (Fsp3) is 0.485. The lowest BCUT2D eigenvalue weighted by atomic mass is 9.90. The number of alkyl halides is 4. The molecule has 45 heavy (non-hydrogen) atoms. The number of aliphatic carboxylic acids is 1. The van der Waals surface area contributed by atoms with E-state index in [4.69, 9.17) is 0 Å². The van der Waals surface area contributed by atoms with E-state index in [1.807, 2.05) is 18.7 Å². The van der Waals surface area contributed by atoms with Gasteiger partial charge in [-0.2, -0.15) is 13.2 Å². The van der Waals surface area contributed by atoms with E-state index >= 15 is 4.39 Å². The maximum atomic E-state index is 15.7. The van der Waals surface area contributed by atoms with Crippen molar-refractivity contribution in [3.63, 3.8) is 0 Å². The molecular formula is C33H39F5N4O3. The van der Waals surface area contributed by atoms with Crippen molar-refractivity contribution in [3.8, 4) is 11.1 Å². The Hall–Kier alpha value is -3.64. The summed E-state index contributed by atoms with van der Waals surface area (Å²) in [6.45, 7) is 8.61. The van der Waals surface area contributed by atoms with Crippen LogP contribution in [0.2, 0.25) is 0 Å². The second-order valence-corrected chi connectivity index (χ2v) is 12.3. The van der Waals surface area contributed by atoms with E-state index in [1.54, 1.807) is 38.2 Å². The van der Waals surface area contributed by atoms with Crippen LogP contribution in [0.4, 0.5) is 22.0 Å². The number of rotatable bonds is 13. The van der Waals surface area contributed by atoms with Crippen LogP contribution in [0.1, 0.15) is 66.6 Å². The highest BCUT2D eigenvalue weighted by atomic mass is 19.4. The molecule has 0 unspecified atom stereocenters. The van der Waals surface area contributed by atoms with E-state index in [2.05, 4.69) is 10.3 Å². The molecule has 1 aromatic heterocycles. The van der Waals surface area contributed by atoms with E-state index in [0.29, 0.717) is 49.2 Å². The summed E-state index contributed by atoms with van der Waals surface area (Å²) in [5.74, 6) is -2.80. The Labute approximate surface area is 259 Å². The number of carboxylic acids is 1. The topological polar surface area (TPSA) is 87.5 Å². The molecule has 2 aromatic carbocycles. The lowest BCUT2D eigenvalue weighted by molar-refractivity contribution is -0.140. The number of aromatic nitrogens is 2. The molecule has 244 valence electrons. The SMILES string of the molecule is Cc1cccc(C)c1-c1cc([C@H](CC(=O)O)NC[C@H](CC(C)C)n2cc(CCN3CC(F)C3)cnc2=O)c(F)c(C(F)(F)F)c1. The molecule has 4 rings (SSSR count). The fourth-order valence-corrected chi connectivity index (χ4v) is 5.94. The fourth-order valence-electron chi connectivity index (χ4n) is 5.94. The second-order valence-electron chi connectivity index (χ2n) is 12.3. The van der Waals surface area contributed by atoms with Gasteiger partial charge in [0.25, 0.3) is 0 Å². The zero-order valence-electron chi connectivity index (χ0n) is 25.8. The largest absolute Gasteiger partial charge is 0.481 e. The Morgan fingerprint density at radius 1 is 1.16 bits per heavy atom. The van der Waals surface area contributed by atoms with Gasteiger partial charge in [0, 0.05) is 50.2 Å².